The Hall–Kier alpha value is -1.00. The van der Waals surface area contributed by atoms with Crippen LogP contribution in [0.5, 0.6) is 5.75 Å². The zero-order valence-electron chi connectivity index (χ0n) is 10.7. The number of halogens is 2. The van der Waals surface area contributed by atoms with Crippen LogP contribution in [0.25, 0.3) is 10.9 Å². The molecule has 1 aliphatic heterocycles. The predicted molar refractivity (Wildman–Crippen MR) is 84.5 cm³/mol. The summed E-state index contributed by atoms with van der Waals surface area (Å²) >= 11 is 3.38. The molecule has 1 N–H and O–H groups in total. The fourth-order valence-electron chi connectivity index (χ4n) is 2.57. The SMILES string of the molecule is Cc1cc(N2CCCC2)c2cc(Br)c(O)cc2n1.Cl. The van der Waals surface area contributed by atoms with E-state index in [1.54, 1.807) is 6.07 Å². The molecule has 0 saturated carbocycles. The number of aryl methyl sites for hydroxylation is 1. The zero-order valence-corrected chi connectivity index (χ0v) is 13.1. The van der Waals surface area contributed by atoms with Crippen LogP contribution in [0.1, 0.15) is 18.5 Å². The minimum atomic E-state index is 0. The minimum absolute atomic E-state index is 0. The van der Waals surface area contributed by atoms with Crippen molar-refractivity contribution in [3.63, 3.8) is 0 Å². The first-order valence-electron chi connectivity index (χ1n) is 6.20. The van der Waals surface area contributed by atoms with Gasteiger partial charge in [0.25, 0.3) is 0 Å². The molecule has 0 spiro atoms. The lowest BCUT2D eigenvalue weighted by atomic mass is 10.1. The number of fused-ring (bicyclic) bond motifs is 1. The molecule has 1 fully saturated rings. The molecule has 2 heterocycles. The second kappa shape index (κ2) is 5.55. The number of nitrogens with zero attached hydrogens (tertiary/aromatic N) is 2. The van der Waals surface area contributed by atoms with Gasteiger partial charge in [0.15, 0.2) is 0 Å². The number of aromatic hydroxyl groups is 1. The Morgan fingerprint density at radius 1 is 1.21 bits per heavy atom. The van der Waals surface area contributed by atoms with E-state index in [0.29, 0.717) is 0 Å². The van der Waals surface area contributed by atoms with Gasteiger partial charge in [0, 0.05) is 35.9 Å². The molecule has 3 nitrogen and oxygen atoms in total. The Morgan fingerprint density at radius 3 is 2.58 bits per heavy atom. The standard InChI is InChI=1S/C14H15BrN2O.ClH/c1-9-6-13(17-4-2-3-5-17)10-7-11(15)14(18)8-12(10)16-9;/h6-8,18H,2-5H2,1H3;1H. The molecular weight excluding hydrogens is 328 g/mol. The summed E-state index contributed by atoms with van der Waals surface area (Å²) < 4.78 is 0.723. The minimum Gasteiger partial charge on any atom is -0.507 e. The zero-order chi connectivity index (χ0) is 12.7. The lowest BCUT2D eigenvalue weighted by Gasteiger charge is -2.20. The third kappa shape index (κ3) is 2.65. The van der Waals surface area contributed by atoms with Gasteiger partial charge in [-0.25, -0.2) is 0 Å². The average Bonchev–Trinajstić information content (AvgIpc) is 2.84. The number of hydrogen-bond acceptors (Lipinski definition) is 3. The van der Waals surface area contributed by atoms with Gasteiger partial charge in [-0.2, -0.15) is 0 Å². The lowest BCUT2D eigenvalue weighted by Crippen LogP contribution is -2.18. The number of phenolic OH excluding ortho intramolecular Hbond substituents is 1. The van der Waals surface area contributed by atoms with E-state index in [-0.39, 0.29) is 18.2 Å². The van der Waals surface area contributed by atoms with E-state index >= 15 is 0 Å². The Morgan fingerprint density at radius 2 is 1.89 bits per heavy atom. The van der Waals surface area contributed by atoms with Gasteiger partial charge >= 0.3 is 0 Å². The van der Waals surface area contributed by atoms with Gasteiger partial charge < -0.3 is 10.0 Å². The summed E-state index contributed by atoms with van der Waals surface area (Å²) in [5, 5.41) is 10.9. The number of rotatable bonds is 1. The molecular formula is C14H16BrClN2O. The van der Waals surface area contributed by atoms with E-state index in [4.69, 9.17) is 0 Å². The average molecular weight is 344 g/mol. The first-order chi connectivity index (χ1) is 8.65. The van der Waals surface area contributed by atoms with Crippen molar-refractivity contribution in [3.8, 4) is 5.75 Å². The van der Waals surface area contributed by atoms with Crippen molar-refractivity contribution in [3.05, 3.63) is 28.4 Å². The summed E-state index contributed by atoms with van der Waals surface area (Å²) in [6.07, 6.45) is 2.50. The molecule has 3 rings (SSSR count). The molecule has 0 radical (unpaired) electrons. The number of pyridine rings is 1. The monoisotopic (exact) mass is 342 g/mol. The smallest absolute Gasteiger partial charge is 0.131 e. The molecule has 0 aliphatic carbocycles. The fraction of sp³-hybridized carbons (Fsp3) is 0.357. The molecule has 2 aromatic rings. The fourth-order valence-corrected chi connectivity index (χ4v) is 2.91. The molecule has 0 atom stereocenters. The van der Waals surface area contributed by atoms with Crippen molar-refractivity contribution in [2.24, 2.45) is 0 Å². The number of aromatic nitrogens is 1. The molecule has 0 bridgehead atoms. The predicted octanol–water partition coefficient (Wildman–Crippen LogP) is 4.03. The van der Waals surface area contributed by atoms with Crippen molar-refractivity contribution in [1.29, 1.82) is 0 Å². The summed E-state index contributed by atoms with van der Waals surface area (Å²) in [5.41, 5.74) is 3.08. The van der Waals surface area contributed by atoms with Crippen molar-refractivity contribution >= 4 is 44.9 Å². The van der Waals surface area contributed by atoms with E-state index in [1.807, 2.05) is 13.0 Å². The third-order valence-electron chi connectivity index (χ3n) is 3.43. The van der Waals surface area contributed by atoms with E-state index in [1.165, 1.54) is 18.5 Å². The van der Waals surface area contributed by atoms with Crippen LogP contribution in [-0.4, -0.2) is 23.2 Å². The second-order valence-corrected chi connectivity index (χ2v) is 5.65. The van der Waals surface area contributed by atoms with Crippen molar-refractivity contribution in [1.82, 2.24) is 4.98 Å². The van der Waals surface area contributed by atoms with Gasteiger partial charge in [-0.1, -0.05) is 0 Å². The van der Waals surface area contributed by atoms with E-state index in [9.17, 15) is 5.11 Å². The molecule has 1 aromatic heterocycles. The van der Waals surface area contributed by atoms with E-state index in [2.05, 4.69) is 31.9 Å². The van der Waals surface area contributed by atoms with Gasteiger partial charge in [-0.05, 0) is 47.8 Å². The van der Waals surface area contributed by atoms with E-state index < -0.39 is 0 Å². The molecule has 5 heteroatoms. The topological polar surface area (TPSA) is 36.4 Å². The molecule has 1 aliphatic rings. The van der Waals surface area contributed by atoms with E-state index in [0.717, 1.165) is 34.2 Å². The van der Waals surface area contributed by atoms with Crippen LogP contribution in [0, 0.1) is 6.92 Å². The number of anilines is 1. The summed E-state index contributed by atoms with van der Waals surface area (Å²) in [5.74, 6) is 0.243. The van der Waals surface area contributed by atoms with Crippen LogP contribution in [0.3, 0.4) is 0 Å². The number of benzene rings is 1. The highest BCUT2D eigenvalue weighted by atomic mass is 79.9. The molecule has 1 saturated heterocycles. The summed E-state index contributed by atoms with van der Waals surface area (Å²) in [4.78, 5) is 6.91. The van der Waals surface area contributed by atoms with Crippen LogP contribution in [0.4, 0.5) is 5.69 Å². The first-order valence-corrected chi connectivity index (χ1v) is 6.99. The lowest BCUT2D eigenvalue weighted by molar-refractivity contribution is 0.472. The van der Waals surface area contributed by atoms with Crippen LogP contribution in [-0.2, 0) is 0 Å². The Labute approximate surface area is 127 Å². The molecule has 1 aromatic carbocycles. The quantitative estimate of drug-likeness (QED) is 0.849. The maximum Gasteiger partial charge on any atom is 0.131 e. The van der Waals surface area contributed by atoms with Crippen molar-refractivity contribution < 1.29 is 5.11 Å². The molecule has 19 heavy (non-hydrogen) atoms. The molecule has 0 amide bonds. The molecule has 0 unspecified atom stereocenters. The van der Waals surface area contributed by atoms with Crippen LogP contribution in [0.2, 0.25) is 0 Å². The normalized spacial score (nSPS) is 14.7. The van der Waals surface area contributed by atoms with Crippen molar-refractivity contribution in [2.45, 2.75) is 19.8 Å². The van der Waals surface area contributed by atoms with Gasteiger partial charge in [0.1, 0.15) is 5.75 Å². The summed E-state index contributed by atoms with van der Waals surface area (Å²) in [6, 6.07) is 5.83. The summed E-state index contributed by atoms with van der Waals surface area (Å²) in [6.45, 7) is 4.21. The summed E-state index contributed by atoms with van der Waals surface area (Å²) in [7, 11) is 0. The van der Waals surface area contributed by atoms with Gasteiger partial charge in [-0.15, -0.1) is 12.4 Å². The van der Waals surface area contributed by atoms with Gasteiger partial charge in [-0.3, -0.25) is 4.98 Å². The van der Waals surface area contributed by atoms with Crippen molar-refractivity contribution in [2.75, 3.05) is 18.0 Å². The number of phenols is 1. The Kier molecular flexibility index (Phi) is 4.21. The van der Waals surface area contributed by atoms with Gasteiger partial charge in [0.2, 0.25) is 0 Å². The Bertz CT molecular complexity index is 612. The first kappa shape index (κ1) is 14.4. The van der Waals surface area contributed by atoms with Crippen LogP contribution < -0.4 is 4.90 Å². The van der Waals surface area contributed by atoms with Gasteiger partial charge in [0.05, 0.1) is 9.99 Å². The third-order valence-corrected chi connectivity index (χ3v) is 4.07. The second-order valence-electron chi connectivity index (χ2n) is 4.80. The highest BCUT2D eigenvalue weighted by molar-refractivity contribution is 9.10. The Balaban J connectivity index is 0.00000133. The number of hydrogen-bond donors (Lipinski definition) is 1. The van der Waals surface area contributed by atoms with Crippen LogP contribution >= 0.6 is 28.3 Å². The van der Waals surface area contributed by atoms with Crippen LogP contribution in [0.15, 0.2) is 22.7 Å². The molecule has 102 valence electrons. The maximum atomic E-state index is 9.76. The largest absolute Gasteiger partial charge is 0.507 e. The highest BCUT2D eigenvalue weighted by Gasteiger charge is 2.17. The maximum absolute atomic E-state index is 9.76. The highest BCUT2D eigenvalue weighted by Crippen LogP contribution is 2.35.